The summed E-state index contributed by atoms with van der Waals surface area (Å²) in [4.78, 5) is 0.208. The van der Waals surface area contributed by atoms with Gasteiger partial charge in [-0.3, -0.25) is 0 Å². The summed E-state index contributed by atoms with van der Waals surface area (Å²) in [6, 6.07) is 6.62. The van der Waals surface area contributed by atoms with Crippen LogP contribution in [0.2, 0.25) is 0 Å². The Morgan fingerprint density at radius 1 is 1.33 bits per heavy atom. The topological polar surface area (TPSA) is 46.2 Å². The Morgan fingerprint density at radius 2 is 1.92 bits per heavy atom. The molecule has 0 spiro atoms. The van der Waals surface area contributed by atoms with Gasteiger partial charge in [-0.15, -0.1) is 4.24 Å². The van der Waals surface area contributed by atoms with Crippen LogP contribution < -0.4 is 4.24 Å². The highest BCUT2D eigenvalue weighted by Crippen LogP contribution is 2.13. The molecule has 0 heterocycles. The highest BCUT2D eigenvalue weighted by atomic mass is 35.5. The second kappa shape index (κ2) is 3.43. The van der Waals surface area contributed by atoms with E-state index in [9.17, 15) is 8.42 Å². The average molecular weight is 206 g/mol. The van der Waals surface area contributed by atoms with Gasteiger partial charge in [0.05, 0.1) is 4.90 Å². The van der Waals surface area contributed by atoms with E-state index < -0.39 is 10.0 Å². The predicted octanol–water partition coefficient (Wildman–Crippen LogP) is 1.43. The van der Waals surface area contributed by atoms with Gasteiger partial charge in [0.15, 0.2) is 0 Å². The Kier molecular flexibility index (Phi) is 2.72. The van der Waals surface area contributed by atoms with Crippen LogP contribution in [0, 0.1) is 6.92 Å². The first-order valence-corrected chi connectivity index (χ1v) is 5.12. The Hall–Kier alpha value is -0.580. The van der Waals surface area contributed by atoms with Crippen molar-refractivity contribution in [1.29, 1.82) is 0 Å². The number of nitrogens with one attached hydrogen (secondary N) is 1. The third-order valence-corrected chi connectivity index (χ3v) is 3.33. The van der Waals surface area contributed by atoms with E-state index in [0.717, 1.165) is 0 Å². The first-order valence-electron chi connectivity index (χ1n) is 3.26. The SMILES string of the molecule is Cc1ccccc1S(=O)(=O)NCl. The Labute approximate surface area is 76.5 Å². The van der Waals surface area contributed by atoms with Gasteiger partial charge in [0, 0.05) is 0 Å². The zero-order chi connectivity index (χ0) is 9.19. The van der Waals surface area contributed by atoms with Crippen molar-refractivity contribution < 1.29 is 8.42 Å². The van der Waals surface area contributed by atoms with Crippen LogP contribution in [0.1, 0.15) is 5.56 Å². The molecule has 5 heteroatoms. The molecule has 0 atom stereocenters. The smallest absolute Gasteiger partial charge is 0.206 e. The van der Waals surface area contributed by atoms with E-state index in [0.29, 0.717) is 5.56 Å². The van der Waals surface area contributed by atoms with Gasteiger partial charge in [0.1, 0.15) is 0 Å². The molecule has 0 aliphatic heterocycles. The number of halogens is 1. The summed E-state index contributed by atoms with van der Waals surface area (Å²) >= 11 is 5.06. The molecule has 1 rings (SSSR count). The highest BCUT2D eigenvalue weighted by molar-refractivity contribution is 7.90. The third kappa shape index (κ3) is 1.77. The number of hydrogen-bond donors (Lipinski definition) is 1. The first-order chi connectivity index (χ1) is 5.58. The minimum absolute atomic E-state index is 0.208. The van der Waals surface area contributed by atoms with Gasteiger partial charge in [-0.05, 0) is 30.3 Å². The quantitative estimate of drug-likeness (QED) is 0.743. The van der Waals surface area contributed by atoms with E-state index in [4.69, 9.17) is 11.8 Å². The Balaban J connectivity index is 3.30. The number of benzene rings is 1. The molecule has 66 valence electrons. The lowest BCUT2D eigenvalue weighted by Crippen LogP contribution is -2.14. The maximum atomic E-state index is 11.2. The Bertz CT molecular complexity index is 375. The lowest BCUT2D eigenvalue weighted by molar-refractivity contribution is 0.593. The van der Waals surface area contributed by atoms with E-state index in [1.807, 2.05) is 0 Å². The van der Waals surface area contributed by atoms with Crippen molar-refractivity contribution in [2.45, 2.75) is 11.8 Å². The summed E-state index contributed by atoms with van der Waals surface area (Å²) in [5, 5.41) is 0. The van der Waals surface area contributed by atoms with E-state index in [2.05, 4.69) is 0 Å². The van der Waals surface area contributed by atoms with E-state index in [-0.39, 0.29) is 4.90 Å². The van der Waals surface area contributed by atoms with Crippen LogP contribution >= 0.6 is 11.8 Å². The van der Waals surface area contributed by atoms with Gasteiger partial charge < -0.3 is 0 Å². The standard InChI is InChI=1S/C7H8ClNO2S/c1-6-4-2-3-5-7(6)12(10,11)9-8/h2-5,9H,1H3. The molecule has 1 N–H and O–H groups in total. The van der Waals surface area contributed by atoms with Crippen LogP contribution in [-0.4, -0.2) is 8.42 Å². The minimum Gasteiger partial charge on any atom is -0.206 e. The molecule has 0 saturated carbocycles. The summed E-state index contributed by atoms with van der Waals surface area (Å²) < 4.78 is 24.1. The van der Waals surface area contributed by atoms with Crippen molar-refractivity contribution in [3.8, 4) is 0 Å². The van der Waals surface area contributed by atoms with Crippen molar-refractivity contribution in [1.82, 2.24) is 4.24 Å². The van der Waals surface area contributed by atoms with Gasteiger partial charge in [-0.25, -0.2) is 8.42 Å². The zero-order valence-electron chi connectivity index (χ0n) is 6.41. The normalized spacial score (nSPS) is 11.5. The molecule has 1 aromatic carbocycles. The number of hydrogen-bond acceptors (Lipinski definition) is 2. The number of sulfonamides is 1. The van der Waals surface area contributed by atoms with E-state index in [1.54, 1.807) is 29.4 Å². The average Bonchev–Trinajstić information content (AvgIpc) is 2.05. The summed E-state index contributed by atoms with van der Waals surface area (Å²) in [5.74, 6) is 0. The molecule has 0 aliphatic rings. The van der Waals surface area contributed by atoms with E-state index >= 15 is 0 Å². The summed E-state index contributed by atoms with van der Waals surface area (Å²) in [6.07, 6.45) is 0. The van der Waals surface area contributed by atoms with Crippen molar-refractivity contribution in [2.75, 3.05) is 0 Å². The first kappa shape index (κ1) is 9.51. The fourth-order valence-electron chi connectivity index (χ4n) is 0.899. The van der Waals surface area contributed by atoms with Gasteiger partial charge in [0.25, 0.3) is 10.0 Å². The fourth-order valence-corrected chi connectivity index (χ4v) is 1.98. The molecule has 3 nitrogen and oxygen atoms in total. The molecule has 1 aromatic rings. The van der Waals surface area contributed by atoms with Crippen molar-refractivity contribution in [3.63, 3.8) is 0 Å². The molecule has 0 aromatic heterocycles. The lowest BCUT2D eigenvalue weighted by atomic mass is 10.2. The second-order valence-electron chi connectivity index (χ2n) is 2.35. The van der Waals surface area contributed by atoms with Gasteiger partial charge in [-0.1, -0.05) is 18.2 Å². The molecule has 0 aliphatic carbocycles. The molecule has 0 fully saturated rings. The van der Waals surface area contributed by atoms with Gasteiger partial charge in [0.2, 0.25) is 0 Å². The van der Waals surface area contributed by atoms with Crippen LogP contribution in [0.15, 0.2) is 29.2 Å². The summed E-state index contributed by atoms with van der Waals surface area (Å²) in [5.41, 5.74) is 0.672. The number of rotatable bonds is 2. The molecule has 0 unspecified atom stereocenters. The molecule has 0 amide bonds. The second-order valence-corrected chi connectivity index (χ2v) is 4.41. The maximum Gasteiger partial charge on any atom is 0.254 e. The maximum absolute atomic E-state index is 11.2. The van der Waals surface area contributed by atoms with Crippen LogP contribution in [0.3, 0.4) is 0 Å². The summed E-state index contributed by atoms with van der Waals surface area (Å²) in [6.45, 7) is 1.71. The number of aryl methyl sites for hydroxylation is 1. The zero-order valence-corrected chi connectivity index (χ0v) is 7.98. The van der Waals surface area contributed by atoms with Gasteiger partial charge >= 0.3 is 0 Å². The monoisotopic (exact) mass is 205 g/mol. The summed E-state index contributed by atoms with van der Waals surface area (Å²) in [7, 11) is -3.51. The van der Waals surface area contributed by atoms with Crippen LogP contribution in [0.4, 0.5) is 0 Å². The molecular weight excluding hydrogens is 198 g/mol. The predicted molar refractivity (Wildman–Crippen MR) is 47.4 cm³/mol. The van der Waals surface area contributed by atoms with Crippen molar-refractivity contribution in [3.05, 3.63) is 29.8 Å². The van der Waals surface area contributed by atoms with Crippen LogP contribution in [0.5, 0.6) is 0 Å². The highest BCUT2D eigenvalue weighted by Gasteiger charge is 2.13. The molecule has 0 bridgehead atoms. The molecule has 12 heavy (non-hydrogen) atoms. The van der Waals surface area contributed by atoms with Crippen molar-refractivity contribution >= 4 is 21.8 Å². The van der Waals surface area contributed by atoms with E-state index in [1.165, 1.54) is 6.07 Å². The lowest BCUT2D eigenvalue weighted by Gasteiger charge is -2.02. The minimum atomic E-state index is -3.51. The van der Waals surface area contributed by atoms with Crippen LogP contribution in [0.25, 0.3) is 0 Å². The molecule has 0 radical (unpaired) electrons. The van der Waals surface area contributed by atoms with Crippen molar-refractivity contribution in [2.24, 2.45) is 0 Å². The fraction of sp³-hybridized carbons (Fsp3) is 0.143. The van der Waals surface area contributed by atoms with Gasteiger partial charge in [-0.2, -0.15) is 0 Å². The third-order valence-electron chi connectivity index (χ3n) is 1.48. The molecular formula is C7H8ClNO2S. The Morgan fingerprint density at radius 3 is 2.42 bits per heavy atom. The van der Waals surface area contributed by atoms with Crippen LogP contribution in [-0.2, 0) is 10.0 Å². The largest absolute Gasteiger partial charge is 0.254 e. The molecule has 0 saturated heterocycles.